The van der Waals surface area contributed by atoms with Gasteiger partial charge in [0.25, 0.3) is 0 Å². The molecule has 0 atom stereocenters. The van der Waals surface area contributed by atoms with E-state index in [4.69, 9.17) is 0 Å². The Labute approximate surface area is 113 Å². The molecule has 3 rings (SSSR count). The average Bonchev–Trinajstić information content (AvgIpc) is 2.66. The first kappa shape index (κ1) is 12.2. The average molecular weight is 254 g/mol. The van der Waals surface area contributed by atoms with Crippen LogP contribution in [0.1, 0.15) is 36.3 Å². The van der Waals surface area contributed by atoms with Crippen molar-refractivity contribution in [3.8, 4) is 11.3 Å². The number of aromatic nitrogens is 2. The maximum atomic E-state index is 12.3. The molecule has 3 nitrogen and oxygen atoms in total. The summed E-state index contributed by atoms with van der Waals surface area (Å²) < 4.78 is 1.75. The smallest absolute Gasteiger partial charge is 0.181 e. The van der Waals surface area contributed by atoms with Gasteiger partial charge in [0, 0.05) is 24.6 Å². The molecule has 0 aliphatic heterocycles. The first-order chi connectivity index (χ1) is 8.98. The van der Waals surface area contributed by atoms with Crippen LogP contribution in [0.5, 0.6) is 0 Å². The van der Waals surface area contributed by atoms with Crippen LogP contribution >= 0.6 is 0 Å². The maximum absolute atomic E-state index is 12.3. The molecule has 1 heterocycles. The summed E-state index contributed by atoms with van der Waals surface area (Å²) in [7, 11) is 1.86. The van der Waals surface area contributed by atoms with Crippen molar-refractivity contribution in [2.75, 3.05) is 0 Å². The highest BCUT2D eigenvalue weighted by atomic mass is 16.1. The van der Waals surface area contributed by atoms with E-state index in [-0.39, 0.29) is 11.2 Å². The predicted molar refractivity (Wildman–Crippen MR) is 75.1 cm³/mol. The summed E-state index contributed by atoms with van der Waals surface area (Å²) >= 11 is 0. The van der Waals surface area contributed by atoms with E-state index in [1.54, 1.807) is 4.68 Å². The zero-order valence-electron chi connectivity index (χ0n) is 11.6. The number of rotatable bonds is 1. The Hall–Kier alpha value is -1.90. The summed E-state index contributed by atoms with van der Waals surface area (Å²) in [6.45, 7) is 4.30. The van der Waals surface area contributed by atoms with Gasteiger partial charge in [0.05, 0.1) is 5.69 Å². The van der Waals surface area contributed by atoms with Gasteiger partial charge in [0.2, 0.25) is 0 Å². The molecule has 1 aliphatic carbocycles. The van der Waals surface area contributed by atoms with E-state index in [1.807, 2.05) is 25.2 Å². The van der Waals surface area contributed by atoms with Crippen LogP contribution in [0.15, 0.2) is 30.3 Å². The quantitative estimate of drug-likeness (QED) is 0.783. The van der Waals surface area contributed by atoms with Crippen LogP contribution in [-0.4, -0.2) is 15.6 Å². The van der Waals surface area contributed by atoms with Gasteiger partial charge >= 0.3 is 0 Å². The van der Waals surface area contributed by atoms with Gasteiger partial charge in [-0.2, -0.15) is 5.10 Å². The summed E-state index contributed by atoms with van der Waals surface area (Å²) in [4.78, 5) is 12.3. The number of ketones is 1. The van der Waals surface area contributed by atoms with Gasteiger partial charge < -0.3 is 0 Å². The number of carbonyl (C=O) groups is 1. The zero-order chi connectivity index (χ0) is 13.6. The van der Waals surface area contributed by atoms with Crippen molar-refractivity contribution in [1.29, 1.82) is 0 Å². The van der Waals surface area contributed by atoms with Crippen LogP contribution in [0.3, 0.4) is 0 Å². The van der Waals surface area contributed by atoms with Crippen LogP contribution in [0.25, 0.3) is 11.3 Å². The number of hydrogen-bond acceptors (Lipinski definition) is 2. The monoisotopic (exact) mass is 254 g/mol. The Morgan fingerprint density at radius 3 is 2.53 bits per heavy atom. The number of fused-ring (bicyclic) bond motifs is 1. The third kappa shape index (κ3) is 1.99. The van der Waals surface area contributed by atoms with Crippen molar-refractivity contribution < 1.29 is 4.79 Å². The molecule has 0 bridgehead atoms. The van der Waals surface area contributed by atoms with Crippen LogP contribution < -0.4 is 0 Å². The molecule has 0 spiro atoms. The SMILES string of the molecule is Cn1nc(-c2ccccc2)c2c1C(=O)CC(C)(C)C2. The van der Waals surface area contributed by atoms with Crippen LogP contribution in [0.4, 0.5) is 0 Å². The highest BCUT2D eigenvalue weighted by Gasteiger charge is 2.35. The Kier molecular flexibility index (Phi) is 2.59. The van der Waals surface area contributed by atoms with Crippen molar-refractivity contribution in [1.82, 2.24) is 9.78 Å². The van der Waals surface area contributed by atoms with E-state index in [1.165, 1.54) is 0 Å². The minimum Gasteiger partial charge on any atom is -0.292 e. The molecular formula is C16H18N2O. The first-order valence-electron chi connectivity index (χ1n) is 6.62. The number of nitrogens with zero attached hydrogens (tertiary/aromatic N) is 2. The summed E-state index contributed by atoms with van der Waals surface area (Å²) in [5, 5.41) is 4.57. The number of carbonyl (C=O) groups excluding carboxylic acids is 1. The highest BCUT2D eigenvalue weighted by molar-refractivity contribution is 5.99. The summed E-state index contributed by atoms with van der Waals surface area (Å²) in [6.07, 6.45) is 1.51. The normalized spacial score (nSPS) is 17.3. The Balaban J connectivity index is 2.20. The van der Waals surface area contributed by atoms with Gasteiger partial charge in [-0.1, -0.05) is 44.2 Å². The standard InChI is InChI=1S/C16H18N2O/c1-16(2)9-12-14(11-7-5-4-6-8-11)17-18(3)15(12)13(19)10-16/h4-8H,9-10H2,1-3H3. The van der Waals surface area contributed by atoms with E-state index >= 15 is 0 Å². The summed E-state index contributed by atoms with van der Waals surface area (Å²) in [6, 6.07) is 10.1. The molecule has 3 heteroatoms. The first-order valence-corrected chi connectivity index (χ1v) is 6.62. The van der Waals surface area contributed by atoms with Crippen molar-refractivity contribution in [3.05, 3.63) is 41.6 Å². The lowest BCUT2D eigenvalue weighted by Gasteiger charge is -2.28. The van der Waals surface area contributed by atoms with Crippen LogP contribution in [-0.2, 0) is 13.5 Å². The van der Waals surface area contributed by atoms with E-state index < -0.39 is 0 Å². The van der Waals surface area contributed by atoms with Crippen molar-refractivity contribution >= 4 is 5.78 Å². The third-order valence-corrected chi connectivity index (χ3v) is 3.75. The summed E-state index contributed by atoms with van der Waals surface area (Å²) in [5.74, 6) is 0.212. The van der Waals surface area contributed by atoms with E-state index in [0.29, 0.717) is 6.42 Å². The summed E-state index contributed by atoms with van der Waals surface area (Å²) in [5.41, 5.74) is 3.97. The molecule has 0 saturated carbocycles. The molecule has 0 radical (unpaired) electrons. The van der Waals surface area contributed by atoms with E-state index in [2.05, 4.69) is 31.1 Å². The fourth-order valence-corrected chi connectivity index (χ4v) is 2.97. The largest absolute Gasteiger partial charge is 0.292 e. The number of Topliss-reactive ketones (excluding diaryl/α,β-unsaturated/α-hetero) is 1. The molecule has 1 aromatic carbocycles. The lowest BCUT2D eigenvalue weighted by molar-refractivity contribution is 0.0902. The topological polar surface area (TPSA) is 34.9 Å². The molecule has 0 fully saturated rings. The zero-order valence-corrected chi connectivity index (χ0v) is 11.6. The number of aryl methyl sites for hydroxylation is 1. The lowest BCUT2D eigenvalue weighted by atomic mass is 9.75. The van der Waals surface area contributed by atoms with Crippen LogP contribution in [0, 0.1) is 5.41 Å². The fourth-order valence-electron chi connectivity index (χ4n) is 2.97. The molecule has 0 unspecified atom stereocenters. The number of hydrogen-bond donors (Lipinski definition) is 0. The lowest BCUT2D eigenvalue weighted by Crippen LogP contribution is -2.28. The molecule has 1 aromatic heterocycles. The van der Waals surface area contributed by atoms with Gasteiger partial charge in [0.15, 0.2) is 5.78 Å². The molecule has 0 saturated heterocycles. The minimum absolute atomic E-state index is 0.0245. The van der Waals surface area contributed by atoms with Gasteiger partial charge in [-0.15, -0.1) is 0 Å². The Morgan fingerprint density at radius 1 is 1.16 bits per heavy atom. The van der Waals surface area contributed by atoms with Crippen molar-refractivity contribution in [2.24, 2.45) is 12.5 Å². The van der Waals surface area contributed by atoms with E-state index in [0.717, 1.165) is 28.9 Å². The molecule has 98 valence electrons. The minimum atomic E-state index is 0.0245. The second-order valence-electron chi connectivity index (χ2n) is 6.11. The molecule has 2 aromatic rings. The number of benzene rings is 1. The molecule has 19 heavy (non-hydrogen) atoms. The molecule has 0 N–H and O–H groups in total. The predicted octanol–water partition coefficient (Wildman–Crippen LogP) is 3.24. The highest BCUT2D eigenvalue weighted by Crippen LogP contribution is 2.38. The third-order valence-electron chi connectivity index (χ3n) is 3.75. The van der Waals surface area contributed by atoms with Gasteiger partial charge in [-0.25, -0.2) is 0 Å². The van der Waals surface area contributed by atoms with Crippen molar-refractivity contribution in [3.63, 3.8) is 0 Å². The van der Waals surface area contributed by atoms with Gasteiger partial charge in [-0.3, -0.25) is 9.48 Å². The Bertz CT molecular complexity index is 638. The molecular weight excluding hydrogens is 236 g/mol. The van der Waals surface area contributed by atoms with Crippen LogP contribution in [0.2, 0.25) is 0 Å². The molecule has 0 amide bonds. The second kappa shape index (κ2) is 4.05. The van der Waals surface area contributed by atoms with Gasteiger partial charge in [-0.05, 0) is 11.8 Å². The fraction of sp³-hybridized carbons (Fsp3) is 0.375. The van der Waals surface area contributed by atoms with Gasteiger partial charge in [0.1, 0.15) is 5.69 Å². The van der Waals surface area contributed by atoms with E-state index in [9.17, 15) is 4.79 Å². The Morgan fingerprint density at radius 2 is 1.84 bits per heavy atom. The van der Waals surface area contributed by atoms with Crippen molar-refractivity contribution in [2.45, 2.75) is 26.7 Å². The second-order valence-corrected chi connectivity index (χ2v) is 6.11. The molecule has 1 aliphatic rings. The maximum Gasteiger partial charge on any atom is 0.181 e.